The first-order chi connectivity index (χ1) is 21.8. The number of benzene rings is 8. The molecule has 0 bridgehead atoms. The van der Waals surface area contributed by atoms with E-state index in [2.05, 4.69) is 169 Å². The maximum absolute atomic E-state index is 2.42. The van der Waals surface area contributed by atoms with Crippen molar-refractivity contribution in [2.45, 2.75) is 0 Å². The van der Waals surface area contributed by atoms with Crippen molar-refractivity contribution in [3.8, 4) is 11.1 Å². The summed E-state index contributed by atoms with van der Waals surface area (Å²) in [7, 11) is 0. The third-order valence-electron chi connectivity index (χ3n) is 8.79. The van der Waals surface area contributed by atoms with Crippen LogP contribution in [0.5, 0.6) is 0 Å². The van der Waals surface area contributed by atoms with E-state index in [9.17, 15) is 0 Å². The Bertz CT molecular complexity index is 2510. The second kappa shape index (κ2) is 10.2. The van der Waals surface area contributed by atoms with Gasteiger partial charge in [0.1, 0.15) is 0 Å². The summed E-state index contributed by atoms with van der Waals surface area (Å²) in [6.45, 7) is 0. The van der Waals surface area contributed by atoms with Gasteiger partial charge in [-0.25, -0.2) is 0 Å². The van der Waals surface area contributed by atoms with Crippen LogP contribution in [0.25, 0.3) is 62.7 Å². The van der Waals surface area contributed by atoms with Crippen LogP contribution >= 0.6 is 0 Å². The zero-order chi connectivity index (χ0) is 29.0. The summed E-state index contributed by atoms with van der Waals surface area (Å²) in [4.78, 5) is 2.42. The van der Waals surface area contributed by atoms with E-state index in [4.69, 9.17) is 0 Å². The molecule has 8 aromatic carbocycles. The van der Waals surface area contributed by atoms with E-state index in [0.717, 1.165) is 17.1 Å². The molecule has 0 amide bonds. The molecule has 0 aliphatic rings. The molecule has 0 aliphatic carbocycles. The van der Waals surface area contributed by atoms with Gasteiger partial charge in [0.2, 0.25) is 0 Å². The molecule has 0 fully saturated rings. The number of nitrogens with zero attached hydrogens (tertiary/aromatic N) is 1. The molecule has 2 heteroatoms. The third kappa shape index (κ3) is 4.15. The van der Waals surface area contributed by atoms with Crippen LogP contribution in [-0.2, 0) is 0 Å². The summed E-state index contributed by atoms with van der Waals surface area (Å²) in [5.74, 6) is 0. The van der Waals surface area contributed by atoms with E-state index >= 15 is 0 Å². The predicted octanol–water partition coefficient (Wildman–Crippen LogP) is 11.6. The number of rotatable bonds is 4. The van der Waals surface area contributed by atoms with E-state index in [-0.39, 0.29) is 14.5 Å². The number of hydrogen-bond donors (Lipinski definition) is 0. The number of fused-ring (bicyclic) bond motifs is 8. The normalized spacial score (nSPS) is 11.6. The molecule has 0 atom stereocenters. The summed E-state index contributed by atoms with van der Waals surface area (Å²) in [6.07, 6.45) is 0. The summed E-state index contributed by atoms with van der Waals surface area (Å²) in [6, 6.07) is 60.1. The SMILES string of the molecule is c1ccc(-c2cccc(N(c3ccc4ccccc4c3)c3ccc4ccc5ccc6c7ccccc7[se]c6c5c4c3)c2)cc1. The molecule has 206 valence electrons. The van der Waals surface area contributed by atoms with E-state index in [1.165, 1.54) is 62.7 Å². The van der Waals surface area contributed by atoms with Crippen LogP contribution in [0.3, 0.4) is 0 Å². The van der Waals surface area contributed by atoms with Crippen LogP contribution in [0.1, 0.15) is 0 Å². The first kappa shape index (κ1) is 25.4. The Hall–Kier alpha value is -5.14. The predicted molar refractivity (Wildman–Crippen MR) is 191 cm³/mol. The van der Waals surface area contributed by atoms with E-state index in [1.807, 2.05) is 0 Å². The molecule has 44 heavy (non-hydrogen) atoms. The summed E-state index contributed by atoms with van der Waals surface area (Å²) < 4.78 is 2.98. The molecular formula is C42H27NSe. The van der Waals surface area contributed by atoms with E-state index in [1.54, 1.807) is 0 Å². The fourth-order valence-corrected chi connectivity index (χ4v) is 9.33. The summed E-state index contributed by atoms with van der Waals surface area (Å²) in [5.41, 5.74) is 5.87. The first-order valence-electron chi connectivity index (χ1n) is 15.0. The molecule has 0 spiro atoms. The monoisotopic (exact) mass is 625 g/mol. The Morgan fingerprint density at radius 2 is 1.02 bits per heavy atom. The Kier molecular flexibility index (Phi) is 5.91. The van der Waals surface area contributed by atoms with Crippen molar-refractivity contribution < 1.29 is 0 Å². The molecule has 9 rings (SSSR count). The minimum absolute atomic E-state index is 0.276. The molecule has 0 N–H and O–H groups in total. The molecular weight excluding hydrogens is 597 g/mol. The van der Waals surface area contributed by atoms with Gasteiger partial charge in [0.15, 0.2) is 0 Å². The molecule has 0 unspecified atom stereocenters. The first-order valence-corrected chi connectivity index (χ1v) is 16.7. The Morgan fingerprint density at radius 3 is 1.93 bits per heavy atom. The van der Waals surface area contributed by atoms with Crippen molar-refractivity contribution in [3.05, 3.63) is 164 Å². The van der Waals surface area contributed by atoms with Gasteiger partial charge >= 0.3 is 257 Å². The van der Waals surface area contributed by atoms with Crippen LogP contribution in [-0.4, -0.2) is 14.5 Å². The van der Waals surface area contributed by atoms with Crippen molar-refractivity contribution >= 4 is 83.2 Å². The van der Waals surface area contributed by atoms with Crippen molar-refractivity contribution in [3.63, 3.8) is 0 Å². The second-order valence-corrected chi connectivity index (χ2v) is 13.6. The zero-order valence-corrected chi connectivity index (χ0v) is 25.7. The van der Waals surface area contributed by atoms with Crippen LogP contribution < -0.4 is 4.90 Å². The van der Waals surface area contributed by atoms with Gasteiger partial charge < -0.3 is 0 Å². The van der Waals surface area contributed by atoms with Crippen LogP contribution in [0.4, 0.5) is 17.1 Å². The van der Waals surface area contributed by atoms with Gasteiger partial charge in [-0.05, 0) is 0 Å². The molecule has 1 aromatic heterocycles. The van der Waals surface area contributed by atoms with Crippen LogP contribution in [0, 0.1) is 0 Å². The van der Waals surface area contributed by atoms with Gasteiger partial charge in [-0.1, -0.05) is 6.07 Å². The van der Waals surface area contributed by atoms with Crippen molar-refractivity contribution in [1.29, 1.82) is 0 Å². The van der Waals surface area contributed by atoms with Crippen LogP contribution in [0.15, 0.2) is 164 Å². The summed E-state index contributed by atoms with van der Waals surface area (Å²) in [5, 5.41) is 10.6. The Labute approximate surface area is 262 Å². The summed E-state index contributed by atoms with van der Waals surface area (Å²) >= 11 is 0.276. The molecule has 9 aromatic rings. The maximum atomic E-state index is 2.42. The zero-order valence-electron chi connectivity index (χ0n) is 23.9. The Balaban J connectivity index is 1.31. The average Bonchev–Trinajstić information content (AvgIpc) is 3.48. The third-order valence-corrected chi connectivity index (χ3v) is 11.3. The fraction of sp³-hybridized carbons (Fsp3) is 0. The fourth-order valence-electron chi connectivity index (χ4n) is 6.66. The van der Waals surface area contributed by atoms with Gasteiger partial charge in [-0.15, -0.1) is 0 Å². The van der Waals surface area contributed by atoms with Crippen molar-refractivity contribution in [1.82, 2.24) is 0 Å². The molecule has 0 radical (unpaired) electrons. The van der Waals surface area contributed by atoms with Gasteiger partial charge in [-0.3, -0.25) is 0 Å². The van der Waals surface area contributed by atoms with E-state index in [0.29, 0.717) is 0 Å². The molecule has 1 nitrogen and oxygen atoms in total. The van der Waals surface area contributed by atoms with Gasteiger partial charge in [0, 0.05) is 0 Å². The standard InChI is InChI=1S/C42H27NSe/c1-2-9-28(10-3-1)33-13-8-14-34(25-33)43(35-22-19-29-11-4-5-12-32(29)26-35)36-23-20-30-17-18-31-21-24-38-37-15-6-7-16-40(37)44-42(38)41(31)39(30)27-36/h1-27H. The van der Waals surface area contributed by atoms with Gasteiger partial charge in [0.05, 0.1) is 0 Å². The van der Waals surface area contributed by atoms with Gasteiger partial charge in [-0.2, -0.15) is 0 Å². The molecule has 0 saturated heterocycles. The topological polar surface area (TPSA) is 3.24 Å². The van der Waals surface area contributed by atoms with Crippen molar-refractivity contribution in [2.75, 3.05) is 4.90 Å². The number of hydrogen-bond acceptors (Lipinski definition) is 1. The van der Waals surface area contributed by atoms with Crippen molar-refractivity contribution in [2.24, 2.45) is 0 Å². The molecule has 1 heterocycles. The second-order valence-electron chi connectivity index (χ2n) is 11.4. The Morgan fingerprint density at radius 1 is 0.364 bits per heavy atom. The van der Waals surface area contributed by atoms with Gasteiger partial charge in [0.25, 0.3) is 0 Å². The van der Waals surface area contributed by atoms with Crippen LogP contribution in [0.2, 0.25) is 0 Å². The molecule has 0 saturated carbocycles. The quantitative estimate of drug-likeness (QED) is 0.139. The number of anilines is 3. The minimum atomic E-state index is 0.276. The van der Waals surface area contributed by atoms with E-state index < -0.39 is 0 Å². The molecule has 0 aliphatic heterocycles. The average molecular weight is 625 g/mol.